The summed E-state index contributed by atoms with van der Waals surface area (Å²) < 4.78 is 5.45. The molecule has 1 aromatic rings. The second-order valence-electron chi connectivity index (χ2n) is 5.20. The molecule has 1 aliphatic carbocycles. The highest BCUT2D eigenvalue weighted by Gasteiger charge is 2.22. The van der Waals surface area contributed by atoms with Crippen LogP contribution in [-0.4, -0.2) is 24.4 Å². The van der Waals surface area contributed by atoms with Crippen molar-refractivity contribution in [3.63, 3.8) is 0 Å². The van der Waals surface area contributed by atoms with Gasteiger partial charge < -0.3 is 15.2 Å². The molecule has 2 rings (SSSR count). The van der Waals surface area contributed by atoms with Crippen LogP contribution in [0.15, 0.2) is 24.3 Å². The number of benzene rings is 1. The molecule has 0 saturated heterocycles. The van der Waals surface area contributed by atoms with Crippen molar-refractivity contribution in [2.24, 2.45) is 0 Å². The molecule has 3 nitrogen and oxygen atoms in total. The van der Waals surface area contributed by atoms with Gasteiger partial charge in [-0.05, 0) is 50.3 Å². The van der Waals surface area contributed by atoms with E-state index >= 15 is 0 Å². The third-order valence-corrected chi connectivity index (χ3v) is 3.82. The molecule has 1 aliphatic rings. The standard InChI is InChI=1S/C15H23NO2/c1-11(12-5-3-7-14(17)9-12)16-13-6-4-8-15(10-13)18-2/h3,5,7,9,11,13,15-17H,4,6,8,10H2,1-2H3. The van der Waals surface area contributed by atoms with Crippen LogP contribution in [-0.2, 0) is 4.74 Å². The molecular formula is C15H23NO2. The minimum absolute atomic E-state index is 0.262. The lowest BCUT2D eigenvalue weighted by Crippen LogP contribution is -2.38. The summed E-state index contributed by atoms with van der Waals surface area (Å²) in [5, 5.41) is 13.1. The SMILES string of the molecule is COC1CCCC(NC(C)c2cccc(O)c2)C1. The molecule has 2 N–H and O–H groups in total. The van der Waals surface area contributed by atoms with Gasteiger partial charge in [-0.25, -0.2) is 0 Å². The van der Waals surface area contributed by atoms with E-state index in [1.54, 1.807) is 13.2 Å². The highest BCUT2D eigenvalue weighted by Crippen LogP contribution is 2.24. The first-order valence-electron chi connectivity index (χ1n) is 6.77. The largest absolute Gasteiger partial charge is 0.508 e. The molecule has 0 spiro atoms. The van der Waals surface area contributed by atoms with Gasteiger partial charge in [-0.2, -0.15) is 0 Å². The Hall–Kier alpha value is -1.06. The van der Waals surface area contributed by atoms with E-state index in [0.29, 0.717) is 17.9 Å². The van der Waals surface area contributed by atoms with Gasteiger partial charge in [0.15, 0.2) is 0 Å². The van der Waals surface area contributed by atoms with E-state index in [-0.39, 0.29) is 6.04 Å². The van der Waals surface area contributed by atoms with E-state index in [0.717, 1.165) is 12.0 Å². The van der Waals surface area contributed by atoms with Crippen LogP contribution in [0, 0.1) is 0 Å². The molecule has 1 aromatic carbocycles. The average molecular weight is 249 g/mol. The van der Waals surface area contributed by atoms with Gasteiger partial charge in [-0.1, -0.05) is 12.1 Å². The zero-order valence-corrected chi connectivity index (χ0v) is 11.2. The van der Waals surface area contributed by atoms with E-state index in [1.807, 2.05) is 18.2 Å². The number of hydrogen-bond acceptors (Lipinski definition) is 3. The fraction of sp³-hybridized carbons (Fsp3) is 0.600. The summed E-state index contributed by atoms with van der Waals surface area (Å²) >= 11 is 0. The molecule has 3 unspecified atom stereocenters. The summed E-state index contributed by atoms with van der Waals surface area (Å²) in [6.45, 7) is 2.14. The van der Waals surface area contributed by atoms with Crippen LogP contribution >= 0.6 is 0 Å². The van der Waals surface area contributed by atoms with Crippen LogP contribution in [0.3, 0.4) is 0 Å². The summed E-state index contributed by atoms with van der Waals surface area (Å²) in [5.74, 6) is 0.333. The van der Waals surface area contributed by atoms with Crippen molar-refractivity contribution < 1.29 is 9.84 Å². The molecule has 1 fully saturated rings. The Morgan fingerprint density at radius 1 is 1.39 bits per heavy atom. The summed E-state index contributed by atoms with van der Waals surface area (Å²) in [5.41, 5.74) is 1.13. The van der Waals surface area contributed by atoms with Crippen molar-refractivity contribution in [2.45, 2.75) is 50.8 Å². The lowest BCUT2D eigenvalue weighted by molar-refractivity contribution is 0.0572. The van der Waals surface area contributed by atoms with Gasteiger partial charge in [0.1, 0.15) is 5.75 Å². The molecule has 3 atom stereocenters. The zero-order chi connectivity index (χ0) is 13.0. The Morgan fingerprint density at radius 2 is 2.22 bits per heavy atom. The average Bonchev–Trinajstić information content (AvgIpc) is 2.39. The topological polar surface area (TPSA) is 41.5 Å². The summed E-state index contributed by atoms with van der Waals surface area (Å²) in [6, 6.07) is 8.25. The molecule has 100 valence electrons. The number of phenols is 1. The first-order valence-corrected chi connectivity index (χ1v) is 6.77. The molecule has 0 heterocycles. The molecule has 18 heavy (non-hydrogen) atoms. The predicted octanol–water partition coefficient (Wildman–Crippen LogP) is 3.00. The summed E-state index contributed by atoms with van der Waals surface area (Å²) in [4.78, 5) is 0. The van der Waals surface area contributed by atoms with Crippen LogP contribution in [0.5, 0.6) is 5.75 Å². The molecule has 0 bridgehead atoms. The third kappa shape index (κ3) is 3.47. The summed E-state index contributed by atoms with van der Waals surface area (Å²) in [6.07, 6.45) is 5.09. The second-order valence-corrected chi connectivity index (χ2v) is 5.20. The maximum Gasteiger partial charge on any atom is 0.115 e. The van der Waals surface area contributed by atoms with Gasteiger partial charge >= 0.3 is 0 Å². The molecule has 1 saturated carbocycles. The molecule has 0 radical (unpaired) electrons. The predicted molar refractivity (Wildman–Crippen MR) is 72.7 cm³/mol. The quantitative estimate of drug-likeness (QED) is 0.862. The van der Waals surface area contributed by atoms with Crippen LogP contribution in [0.4, 0.5) is 0 Å². The zero-order valence-electron chi connectivity index (χ0n) is 11.2. The number of methoxy groups -OCH3 is 1. The van der Waals surface area contributed by atoms with Crippen molar-refractivity contribution >= 4 is 0 Å². The van der Waals surface area contributed by atoms with E-state index in [2.05, 4.69) is 12.2 Å². The van der Waals surface area contributed by atoms with E-state index in [1.165, 1.54) is 19.3 Å². The highest BCUT2D eigenvalue weighted by molar-refractivity contribution is 5.29. The molecule has 0 aliphatic heterocycles. The molecule has 3 heteroatoms. The van der Waals surface area contributed by atoms with Crippen LogP contribution in [0.1, 0.15) is 44.2 Å². The lowest BCUT2D eigenvalue weighted by atomic mass is 9.92. The fourth-order valence-electron chi connectivity index (χ4n) is 2.75. The minimum Gasteiger partial charge on any atom is -0.508 e. The number of rotatable bonds is 4. The Kier molecular flexibility index (Phi) is 4.61. The fourth-order valence-corrected chi connectivity index (χ4v) is 2.75. The van der Waals surface area contributed by atoms with Crippen molar-refractivity contribution in [1.82, 2.24) is 5.32 Å². The van der Waals surface area contributed by atoms with Crippen molar-refractivity contribution in [2.75, 3.05) is 7.11 Å². The Morgan fingerprint density at radius 3 is 2.94 bits per heavy atom. The summed E-state index contributed by atoms with van der Waals surface area (Å²) in [7, 11) is 1.80. The normalized spacial score (nSPS) is 25.9. The second kappa shape index (κ2) is 6.21. The first kappa shape index (κ1) is 13.4. The Labute approximate surface area is 109 Å². The maximum atomic E-state index is 9.50. The molecular weight excluding hydrogens is 226 g/mol. The van der Waals surface area contributed by atoms with Crippen LogP contribution in [0.25, 0.3) is 0 Å². The van der Waals surface area contributed by atoms with Gasteiger partial charge in [-0.15, -0.1) is 0 Å². The molecule has 0 amide bonds. The number of nitrogens with one attached hydrogen (secondary N) is 1. The third-order valence-electron chi connectivity index (χ3n) is 3.82. The minimum atomic E-state index is 0.262. The van der Waals surface area contributed by atoms with E-state index in [9.17, 15) is 5.11 Å². The van der Waals surface area contributed by atoms with Gasteiger partial charge in [-0.3, -0.25) is 0 Å². The maximum absolute atomic E-state index is 9.50. The number of hydrogen-bond donors (Lipinski definition) is 2. The van der Waals surface area contributed by atoms with E-state index < -0.39 is 0 Å². The number of ether oxygens (including phenoxy) is 1. The highest BCUT2D eigenvalue weighted by atomic mass is 16.5. The van der Waals surface area contributed by atoms with Gasteiger partial charge in [0, 0.05) is 19.2 Å². The monoisotopic (exact) mass is 249 g/mol. The molecule has 0 aromatic heterocycles. The Bertz CT molecular complexity index is 381. The lowest BCUT2D eigenvalue weighted by Gasteiger charge is -2.31. The number of aromatic hydroxyl groups is 1. The Balaban J connectivity index is 1.92. The van der Waals surface area contributed by atoms with Crippen molar-refractivity contribution in [3.05, 3.63) is 29.8 Å². The number of phenolic OH excluding ortho intramolecular Hbond substituents is 1. The van der Waals surface area contributed by atoms with Crippen LogP contribution in [0.2, 0.25) is 0 Å². The van der Waals surface area contributed by atoms with Gasteiger partial charge in [0.25, 0.3) is 0 Å². The van der Waals surface area contributed by atoms with Gasteiger partial charge in [0.2, 0.25) is 0 Å². The van der Waals surface area contributed by atoms with Crippen molar-refractivity contribution in [1.29, 1.82) is 0 Å². The van der Waals surface area contributed by atoms with Crippen LogP contribution < -0.4 is 5.32 Å². The smallest absolute Gasteiger partial charge is 0.115 e. The van der Waals surface area contributed by atoms with E-state index in [4.69, 9.17) is 4.74 Å². The van der Waals surface area contributed by atoms with Gasteiger partial charge in [0.05, 0.1) is 6.10 Å². The first-order chi connectivity index (χ1) is 8.69. The van der Waals surface area contributed by atoms with Crippen molar-refractivity contribution in [3.8, 4) is 5.75 Å².